The Morgan fingerprint density at radius 3 is 2.67 bits per heavy atom. The van der Waals surface area contributed by atoms with Gasteiger partial charge in [0.05, 0.1) is 6.61 Å². The second-order valence-corrected chi connectivity index (χ2v) is 4.72. The number of rotatable bonds is 4. The maximum atomic E-state index is 12.5. The molecule has 1 atom stereocenters. The molecule has 0 aromatic heterocycles. The van der Waals surface area contributed by atoms with E-state index in [-0.39, 0.29) is 11.8 Å². The fourth-order valence-corrected chi connectivity index (χ4v) is 2.72. The minimum absolute atomic E-state index is 0.0709. The van der Waals surface area contributed by atoms with Crippen LogP contribution in [0.2, 0.25) is 0 Å². The van der Waals surface area contributed by atoms with Gasteiger partial charge >= 0.3 is 5.97 Å². The van der Waals surface area contributed by atoms with Gasteiger partial charge < -0.3 is 4.74 Å². The Balaban J connectivity index is 2.41. The quantitative estimate of drug-likeness (QED) is 0.606. The van der Waals surface area contributed by atoms with Crippen LogP contribution in [0.15, 0.2) is 24.3 Å². The predicted octanol–water partition coefficient (Wildman–Crippen LogP) is 2.78. The Bertz CT molecular complexity index is 478. The summed E-state index contributed by atoms with van der Waals surface area (Å²) in [7, 11) is 0. The molecule has 1 aliphatic rings. The molecular weight excluding hydrogens is 228 g/mol. The smallest absolute Gasteiger partial charge is 0.320 e. The minimum atomic E-state index is -0.978. The largest absolute Gasteiger partial charge is 0.465 e. The van der Waals surface area contributed by atoms with Gasteiger partial charge in [-0.2, -0.15) is 0 Å². The molecule has 0 bridgehead atoms. The average Bonchev–Trinajstić information content (AvgIpc) is 2.65. The third-order valence-electron chi connectivity index (χ3n) is 3.53. The van der Waals surface area contributed by atoms with E-state index in [9.17, 15) is 9.59 Å². The van der Waals surface area contributed by atoms with Crippen molar-refractivity contribution in [3.8, 4) is 0 Å². The molecule has 0 N–H and O–H groups in total. The molecule has 96 valence electrons. The van der Waals surface area contributed by atoms with Gasteiger partial charge in [0.15, 0.2) is 5.78 Å². The molecule has 1 aromatic carbocycles. The lowest BCUT2D eigenvalue weighted by Gasteiger charge is -2.24. The Hall–Kier alpha value is -1.64. The number of esters is 1. The number of hydrogen-bond acceptors (Lipinski definition) is 3. The first kappa shape index (κ1) is 12.8. The molecule has 18 heavy (non-hydrogen) atoms. The van der Waals surface area contributed by atoms with Crippen molar-refractivity contribution in [3.63, 3.8) is 0 Å². The summed E-state index contributed by atoms with van der Waals surface area (Å²) >= 11 is 0. The number of carbonyl (C=O) groups is 2. The minimum Gasteiger partial charge on any atom is -0.465 e. The van der Waals surface area contributed by atoms with Crippen LogP contribution >= 0.6 is 0 Å². The maximum Gasteiger partial charge on any atom is 0.320 e. The highest BCUT2D eigenvalue weighted by Gasteiger charge is 2.51. The molecule has 0 amide bonds. The monoisotopic (exact) mass is 246 g/mol. The SMILES string of the molecule is CCCC1(C(=O)OCC)Cc2ccccc2C1=O. The number of benzene rings is 1. The molecule has 0 spiro atoms. The van der Waals surface area contributed by atoms with Crippen molar-refractivity contribution in [3.05, 3.63) is 35.4 Å². The summed E-state index contributed by atoms with van der Waals surface area (Å²) in [5.74, 6) is -0.438. The Morgan fingerprint density at radius 2 is 2.06 bits per heavy atom. The highest BCUT2D eigenvalue weighted by molar-refractivity contribution is 6.16. The number of ether oxygens (including phenoxy) is 1. The van der Waals surface area contributed by atoms with Crippen LogP contribution in [0.3, 0.4) is 0 Å². The van der Waals surface area contributed by atoms with Gasteiger partial charge in [0, 0.05) is 5.56 Å². The fourth-order valence-electron chi connectivity index (χ4n) is 2.72. The second-order valence-electron chi connectivity index (χ2n) is 4.72. The topological polar surface area (TPSA) is 43.4 Å². The van der Waals surface area contributed by atoms with E-state index in [2.05, 4.69) is 0 Å². The van der Waals surface area contributed by atoms with Crippen LogP contribution in [0.25, 0.3) is 0 Å². The van der Waals surface area contributed by atoms with Gasteiger partial charge in [-0.25, -0.2) is 0 Å². The lowest BCUT2D eigenvalue weighted by atomic mass is 9.79. The fraction of sp³-hybridized carbons (Fsp3) is 0.467. The highest BCUT2D eigenvalue weighted by atomic mass is 16.5. The van der Waals surface area contributed by atoms with Crippen molar-refractivity contribution in [2.75, 3.05) is 6.61 Å². The van der Waals surface area contributed by atoms with Crippen LogP contribution < -0.4 is 0 Å². The van der Waals surface area contributed by atoms with Crippen molar-refractivity contribution in [1.29, 1.82) is 0 Å². The normalized spacial score (nSPS) is 21.8. The van der Waals surface area contributed by atoms with E-state index in [4.69, 9.17) is 4.74 Å². The molecule has 0 radical (unpaired) electrons. The van der Waals surface area contributed by atoms with Gasteiger partial charge in [0.2, 0.25) is 0 Å². The molecule has 1 unspecified atom stereocenters. The highest BCUT2D eigenvalue weighted by Crippen LogP contribution is 2.41. The molecular formula is C15H18O3. The van der Waals surface area contributed by atoms with Gasteiger partial charge in [-0.3, -0.25) is 9.59 Å². The second kappa shape index (κ2) is 4.92. The van der Waals surface area contributed by atoms with Crippen LogP contribution in [-0.2, 0) is 16.0 Å². The van der Waals surface area contributed by atoms with Crippen LogP contribution in [0.5, 0.6) is 0 Å². The summed E-state index contributed by atoms with van der Waals surface area (Å²) in [5.41, 5.74) is 0.664. The third-order valence-corrected chi connectivity index (χ3v) is 3.53. The van der Waals surface area contributed by atoms with Crippen molar-refractivity contribution < 1.29 is 14.3 Å². The van der Waals surface area contributed by atoms with Crippen LogP contribution in [0.4, 0.5) is 0 Å². The number of Topliss-reactive ketones (excluding diaryl/α,β-unsaturated/α-hetero) is 1. The van der Waals surface area contributed by atoms with Crippen LogP contribution in [0, 0.1) is 5.41 Å². The third kappa shape index (κ3) is 1.84. The number of hydrogen-bond donors (Lipinski definition) is 0. The van der Waals surface area contributed by atoms with Gasteiger partial charge in [0.25, 0.3) is 0 Å². The number of fused-ring (bicyclic) bond motifs is 1. The molecule has 1 aromatic rings. The van der Waals surface area contributed by atoms with Crippen molar-refractivity contribution in [1.82, 2.24) is 0 Å². The van der Waals surface area contributed by atoms with E-state index in [0.717, 1.165) is 12.0 Å². The van der Waals surface area contributed by atoms with E-state index in [0.29, 0.717) is 25.0 Å². The number of ketones is 1. The lowest BCUT2D eigenvalue weighted by Crippen LogP contribution is -2.38. The molecule has 1 aliphatic carbocycles. The summed E-state index contributed by atoms with van der Waals surface area (Å²) in [5, 5.41) is 0. The zero-order chi connectivity index (χ0) is 13.2. The van der Waals surface area contributed by atoms with Gasteiger partial charge in [-0.1, -0.05) is 37.6 Å². The maximum absolute atomic E-state index is 12.5. The summed E-state index contributed by atoms with van der Waals surface area (Å²) in [6.07, 6.45) is 1.83. The molecule has 0 saturated carbocycles. The predicted molar refractivity (Wildman–Crippen MR) is 68.5 cm³/mol. The van der Waals surface area contributed by atoms with Gasteiger partial charge in [0.1, 0.15) is 5.41 Å². The van der Waals surface area contributed by atoms with Gasteiger partial charge in [-0.15, -0.1) is 0 Å². The Labute approximate surface area is 107 Å². The van der Waals surface area contributed by atoms with E-state index in [1.807, 2.05) is 25.1 Å². The first-order valence-corrected chi connectivity index (χ1v) is 6.45. The van der Waals surface area contributed by atoms with Crippen molar-refractivity contribution in [2.24, 2.45) is 5.41 Å². The van der Waals surface area contributed by atoms with E-state index in [1.54, 1.807) is 13.0 Å². The van der Waals surface area contributed by atoms with Crippen LogP contribution in [-0.4, -0.2) is 18.4 Å². The molecule has 3 nitrogen and oxygen atoms in total. The van der Waals surface area contributed by atoms with Crippen molar-refractivity contribution in [2.45, 2.75) is 33.1 Å². The zero-order valence-electron chi connectivity index (χ0n) is 10.9. The average molecular weight is 246 g/mol. The Morgan fingerprint density at radius 1 is 1.33 bits per heavy atom. The summed E-state index contributed by atoms with van der Waals surface area (Å²) < 4.78 is 5.12. The number of carbonyl (C=O) groups excluding carboxylic acids is 2. The molecule has 2 rings (SSSR count). The van der Waals surface area contributed by atoms with E-state index < -0.39 is 5.41 Å². The first-order chi connectivity index (χ1) is 8.65. The van der Waals surface area contributed by atoms with Crippen molar-refractivity contribution >= 4 is 11.8 Å². The summed E-state index contributed by atoms with van der Waals surface area (Å²) in [6.45, 7) is 4.06. The lowest BCUT2D eigenvalue weighted by molar-refractivity contribution is -0.152. The molecule has 0 fully saturated rings. The molecule has 0 heterocycles. The molecule has 3 heteroatoms. The van der Waals surface area contributed by atoms with E-state index >= 15 is 0 Å². The summed E-state index contributed by atoms with van der Waals surface area (Å²) in [6, 6.07) is 7.46. The zero-order valence-corrected chi connectivity index (χ0v) is 10.9. The first-order valence-electron chi connectivity index (χ1n) is 6.45. The Kier molecular flexibility index (Phi) is 3.50. The standard InChI is InChI=1S/C15H18O3/c1-3-9-15(14(17)18-4-2)10-11-7-5-6-8-12(11)13(15)16/h5-8H,3-4,9-10H2,1-2H3. The molecule has 0 aliphatic heterocycles. The summed E-state index contributed by atoms with van der Waals surface area (Å²) in [4.78, 5) is 24.7. The van der Waals surface area contributed by atoms with Crippen LogP contribution in [0.1, 0.15) is 42.6 Å². The van der Waals surface area contributed by atoms with E-state index in [1.165, 1.54) is 0 Å². The molecule has 0 saturated heterocycles. The van der Waals surface area contributed by atoms with Gasteiger partial charge in [-0.05, 0) is 25.3 Å².